The highest BCUT2D eigenvalue weighted by molar-refractivity contribution is 6.38. The van der Waals surface area contributed by atoms with E-state index in [1.807, 2.05) is 24.0 Å². The summed E-state index contributed by atoms with van der Waals surface area (Å²) >= 11 is 0. The lowest BCUT2D eigenvalue weighted by molar-refractivity contribution is -0.180. The smallest absolute Gasteiger partial charge is 0.291 e. The highest BCUT2D eigenvalue weighted by Crippen LogP contribution is 2.52. The molecule has 5 atom stereocenters. The molecule has 3 heterocycles. The van der Waals surface area contributed by atoms with E-state index >= 15 is 0 Å². The van der Waals surface area contributed by atoms with Crippen molar-refractivity contribution in [2.45, 2.75) is 89.8 Å². The molecule has 0 spiro atoms. The molecular weight excluding hydrogens is 444 g/mol. The van der Waals surface area contributed by atoms with Gasteiger partial charge >= 0.3 is 0 Å². The van der Waals surface area contributed by atoms with Crippen molar-refractivity contribution in [3.8, 4) is 11.5 Å². The van der Waals surface area contributed by atoms with Crippen LogP contribution in [0.3, 0.4) is 0 Å². The Morgan fingerprint density at radius 3 is 2.49 bits per heavy atom. The van der Waals surface area contributed by atoms with Gasteiger partial charge in [-0.2, -0.15) is 0 Å². The zero-order valence-electron chi connectivity index (χ0n) is 21.7. The van der Waals surface area contributed by atoms with Gasteiger partial charge < -0.3 is 19.3 Å². The Labute approximate surface area is 208 Å². The van der Waals surface area contributed by atoms with Crippen LogP contribution in [0.4, 0.5) is 0 Å². The predicted molar refractivity (Wildman–Crippen MR) is 131 cm³/mol. The van der Waals surface area contributed by atoms with E-state index in [0.29, 0.717) is 30.9 Å². The van der Waals surface area contributed by atoms with E-state index in [2.05, 4.69) is 13.8 Å². The van der Waals surface area contributed by atoms with E-state index in [1.165, 1.54) is 0 Å². The van der Waals surface area contributed by atoms with Gasteiger partial charge in [0.2, 0.25) is 11.7 Å². The summed E-state index contributed by atoms with van der Waals surface area (Å²) < 4.78 is 11.3. The van der Waals surface area contributed by atoms with Crippen LogP contribution in [0.1, 0.15) is 76.8 Å². The summed E-state index contributed by atoms with van der Waals surface area (Å²) in [6.45, 7) is 6.68. The van der Waals surface area contributed by atoms with Gasteiger partial charge in [0.25, 0.3) is 5.91 Å². The maximum atomic E-state index is 14.0. The number of piperazine rings is 1. The molecule has 1 aromatic rings. The Morgan fingerprint density at radius 1 is 1.03 bits per heavy atom. The van der Waals surface area contributed by atoms with Gasteiger partial charge in [0.15, 0.2) is 0 Å². The number of ketones is 1. The third kappa shape index (κ3) is 3.33. The van der Waals surface area contributed by atoms with Gasteiger partial charge in [0.1, 0.15) is 17.5 Å². The van der Waals surface area contributed by atoms with Crippen LogP contribution in [0.15, 0.2) is 12.1 Å². The number of carbonyl (C=O) groups excluding carboxylic acids is 3. The van der Waals surface area contributed by atoms with Gasteiger partial charge in [0.05, 0.1) is 25.8 Å². The van der Waals surface area contributed by atoms with Crippen molar-refractivity contribution in [1.82, 2.24) is 9.80 Å². The molecule has 190 valence electrons. The molecule has 5 rings (SSSR count). The average molecular weight is 483 g/mol. The maximum Gasteiger partial charge on any atom is 0.291 e. The third-order valence-corrected chi connectivity index (χ3v) is 9.73. The average Bonchev–Trinajstić information content (AvgIpc) is 2.87. The lowest BCUT2D eigenvalue weighted by atomic mass is 9.64. The summed E-state index contributed by atoms with van der Waals surface area (Å²) in [6.07, 6.45) is 6.66. The normalized spacial score (nSPS) is 34.1. The molecule has 1 saturated carbocycles. The molecule has 2 amide bonds. The summed E-state index contributed by atoms with van der Waals surface area (Å²) in [5, 5.41) is 0. The van der Waals surface area contributed by atoms with Crippen LogP contribution in [0.25, 0.3) is 0 Å². The summed E-state index contributed by atoms with van der Waals surface area (Å²) in [4.78, 5) is 45.4. The van der Waals surface area contributed by atoms with Crippen molar-refractivity contribution in [3.05, 3.63) is 23.3 Å². The number of ether oxygens (including phenoxy) is 2. The molecule has 2 saturated heterocycles. The van der Waals surface area contributed by atoms with Crippen LogP contribution < -0.4 is 9.47 Å². The number of Topliss-reactive ketones (excluding diaryl/α,β-unsaturated/α-hetero) is 1. The molecule has 4 aliphatic rings. The van der Waals surface area contributed by atoms with Crippen LogP contribution in [0.2, 0.25) is 0 Å². The molecule has 0 aromatic heterocycles. The molecule has 1 aromatic carbocycles. The molecule has 0 N–H and O–H groups in total. The van der Waals surface area contributed by atoms with Gasteiger partial charge in [-0.1, -0.05) is 26.7 Å². The number of benzene rings is 1. The molecule has 7 heteroatoms. The van der Waals surface area contributed by atoms with E-state index in [9.17, 15) is 14.4 Å². The Bertz CT molecular complexity index is 1050. The van der Waals surface area contributed by atoms with E-state index < -0.39 is 22.9 Å². The van der Waals surface area contributed by atoms with Gasteiger partial charge in [0, 0.05) is 23.6 Å². The van der Waals surface area contributed by atoms with Gasteiger partial charge in [-0.05, 0) is 63.0 Å². The first-order valence-electron chi connectivity index (χ1n) is 13.1. The van der Waals surface area contributed by atoms with Crippen LogP contribution in [-0.2, 0) is 26.3 Å². The monoisotopic (exact) mass is 482 g/mol. The molecule has 7 nitrogen and oxygen atoms in total. The number of hydrogen-bond donors (Lipinski definition) is 0. The second-order valence-corrected chi connectivity index (χ2v) is 11.3. The molecule has 3 fully saturated rings. The Kier molecular flexibility index (Phi) is 5.88. The van der Waals surface area contributed by atoms with Gasteiger partial charge in [-0.3, -0.25) is 14.4 Å². The van der Waals surface area contributed by atoms with Crippen LogP contribution in [0, 0.1) is 11.3 Å². The molecular formula is C28H38N2O5. The molecule has 1 unspecified atom stereocenters. The number of carbonyl (C=O) groups is 3. The fourth-order valence-corrected chi connectivity index (χ4v) is 7.44. The first kappa shape index (κ1) is 24.1. The van der Waals surface area contributed by atoms with E-state index in [0.717, 1.165) is 49.7 Å². The quantitative estimate of drug-likeness (QED) is 0.610. The summed E-state index contributed by atoms with van der Waals surface area (Å²) in [7, 11) is 3.26. The lowest BCUT2D eigenvalue weighted by Gasteiger charge is -2.61. The van der Waals surface area contributed by atoms with Crippen molar-refractivity contribution >= 4 is 17.6 Å². The predicted octanol–water partition coefficient (Wildman–Crippen LogP) is 3.85. The number of rotatable bonds is 4. The minimum Gasteiger partial charge on any atom is -0.497 e. The Balaban J connectivity index is 1.61. The van der Waals surface area contributed by atoms with Crippen molar-refractivity contribution in [2.75, 3.05) is 20.8 Å². The minimum absolute atomic E-state index is 0.0463. The molecule has 35 heavy (non-hydrogen) atoms. The zero-order chi connectivity index (χ0) is 25.1. The second-order valence-electron chi connectivity index (χ2n) is 11.3. The highest BCUT2D eigenvalue weighted by Gasteiger charge is 2.61. The number of fused-ring (bicyclic) bond motifs is 6. The number of amides is 2. The molecule has 0 radical (unpaired) electrons. The number of nitrogens with zero attached hydrogens (tertiary/aromatic N) is 2. The topological polar surface area (TPSA) is 76.2 Å². The van der Waals surface area contributed by atoms with Crippen molar-refractivity contribution in [2.24, 2.45) is 11.3 Å². The fraction of sp³-hybridized carbons (Fsp3) is 0.679. The van der Waals surface area contributed by atoms with E-state index in [4.69, 9.17) is 9.47 Å². The Hall–Kier alpha value is -2.57. The first-order valence-corrected chi connectivity index (χ1v) is 13.1. The number of hydrogen-bond acceptors (Lipinski definition) is 5. The highest BCUT2D eigenvalue weighted by atomic mass is 16.5. The van der Waals surface area contributed by atoms with Crippen LogP contribution in [-0.4, -0.2) is 60.2 Å². The van der Waals surface area contributed by atoms with Gasteiger partial charge in [-0.25, -0.2) is 0 Å². The number of methoxy groups -OCH3 is 2. The first-order chi connectivity index (χ1) is 16.7. The molecule has 2 bridgehead atoms. The summed E-state index contributed by atoms with van der Waals surface area (Å²) in [5.74, 6) is 0.700. The van der Waals surface area contributed by atoms with Gasteiger partial charge in [-0.15, -0.1) is 0 Å². The fourth-order valence-electron chi connectivity index (χ4n) is 7.44. The third-order valence-electron chi connectivity index (χ3n) is 9.73. The van der Waals surface area contributed by atoms with Crippen LogP contribution >= 0.6 is 0 Å². The van der Waals surface area contributed by atoms with Crippen molar-refractivity contribution < 1.29 is 23.9 Å². The molecule has 3 aliphatic heterocycles. The minimum atomic E-state index is -0.770. The SMILES string of the molecule is COc1cc2c(c(OC)c1)[C@]1(C)C3CCC[C@@H](C(=O)N1CC2)N3C(=O)C(=O)[C@]1(C)CCCC[C@H]1C. The number of piperidine rings is 1. The van der Waals surface area contributed by atoms with Crippen molar-refractivity contribution in [3.63, 3.8) is 0 Å². The van der Waals surface area contributed by atoms with E-state index in [-0.39, 0.29) is 23.7 Å². The van der Waals surface area contributed by atoms with Crippen molar-refractivity contribution in [1.29, 1.82) is 0 Å². The zero-order valence-corrected chi connectivity index (χ0v) is 21.7. The lowest BCUT2D eigenvalue weighted by Crippen LogP contribution is -2.75. The Morgan fingerprint density at radius 2 is 1.80 bits per heavy atom. The largest absolute Gasteiger partial charge is 0.497 e. The standard InChI is InChI=1S/C28H38N2O5/c1-17-9-6-7-13-27(17,2)24(31)26(33)30-20-10-8-11-22(30)28(3)23-18(12-14-29(28)25(20)32)15-19(34-4)16-21(23)35-5/h15-17,20,22H,6-14H2,1-5H3/t17-,20+,22?,27-,28+/m1/s1. The summed E-state index contributed by atoms with van der Waals surface area (Å²) in [5.41, 5.74) is 0.575. The van der Waals surface area contributed by atoms with Crippen LogP contribution in [0.5, 0.6) is 11.5 Å². The van der Waals surface area contributed by atoms with E-state index in [1.54, 1.807) is 19.1 Å². The summed E-state index contributed by atoms with van der Waals surface area (Å²) in [6, 6.07) is 3.03. The maximum absolute atomic E-state index is 14.0. The molecule has 1 aliphatic carbocycles. The second kappa shape index (κ2) is 8.52.